The Morgan fingerprint density at radius 3 is 2.59 bits per heavy atom. The molecule has 2 rings (SSSR count). The predicted molar refractivity (Wildman–Crippen MR) is 64.0 cm³/mol. The van der Waals surface area contributed by atoms with Gasteiger partial charge in [0.2, 0.25) is 0 Å². The summed E-state index contributed by atoms with van der Waals surface area (Å²) in [5, 5.41) is 0. The molecule has 17 heavy (non-hydrogen) atoms. The number of morpholine rings is 1. The molecule has 1 aromatic rings. The predicted octanol–water partition coefficient (Wildman–Crippen LogP) is 2.25. The van der Waals surface area contributed by atoms with Crippen molar-refractivity contribution in [3.8, 4) is 0 Å². The second kappa shape index (κ2) is 4.84. The number of hydrogen-bond donors (Lipinski definition) is 0. The molecule has 1 aliphatic heterocycles. The standard InChI is InChI=1S/C13H16FNO2/c1-9-6-15(7-10(2)17-9)13-11(8-16)4-3-5-12(13)14/h3-5,8-10H,6-7H2,1-2H3. The van der Waals surface area contributed by atoms with Crippen LogP contribution >= 0.6 is 0 Å². The van der Waals surface area contributed by atoms with Crippen LogP contribution in [0.5, 0.6) is 0 Å². The van der Waals surface area contributed by atoms with Gasteiger partial charge in [-0.1, -0.05) is 6.07 Å². The molecule has 1 aliphatic rings. The second-order valence-corrected chi connectivity index (χ2v) is 4.46. The van der Waals surface area contributed by atoms with Crippen molar-refractivity contribution in [2.45, 2.75) is 26.1 Å². The van der Waals surface area contributed by atoms with Crippen LogP contribution in [0, 0.1) is 5.82 Å². The molecule has 0 N–H and O–H groups in total. The van der Waals surface area contributed by atoms with Gasteiger partial charge >= 0.3 is 0 Å². The monoisotopic (exact) mass is 237 g/mol. The molecule has 0 spiro atoms. The maximum absolute atomic E-state index is 13.8. The minimum Gasteiger partial charge on any atom is -0.372 e. The molecule has 0 bridgehead atoms. The fourth-order valence-corrected chi connectivity index (χ4v) is 2.32. The Hall–Kier alpha value is -1.42. The summed E-state index contributed by atoms with van der Waals surface area (Å²) in [6.45, 7) is 5.10. The van der Waals surface area contributed by atoms with E-state index in [9.17, 15) is 9.18 Å². The molecule has 0 saturated carbocycles. The van der Waals surface area contributed by atoms with Gasteiger partial charge in [0.25, 0.3) is 0 Å². The van der Waals surface area contributed by atoms with Crippen LogP contribution in [0.3, 0.4) is 0 Å². The van der Waals surface area contributed by atoms with Gasteiger partial charge in [-0.25, -0.2) is 4.39 Å². The highest BCUT2D eigenvalue weighted by atomic mass is 19.1. The number of nitrogens with zero attached hydrogens (tertiary/aromatic N) is 1. The number of rotatable bonds is 2. The lowest BCUT2D eigenvalue weighted by atomic mass is 10.1. The van der Waals surface area contributed by atoms with E-state index in [1.165, 1.54) is 6.07 Å². The van der Waals surface area contributed by atoms with Crippen molar-refractivity contribution in [2.24, 2.45) is 0 Å². The number of para-hydroxylation sites is 1. The number of benzene rings is 1. The normalized spacial score (nSPS) is 24.8. The molecule has 2 unspecified atom stereocenters. The molecule has 0 aromatic heterocycles. The van der Waals surface area contributed by atoms with Gasteiger partial charge in [0.15, 0.2) is 6.29 Å². The fraction of sp³-hybridized carbons (Fsp3) is 0.462. The highest BCUT2D eigenvalue weighted by molar-refractivity contribution is 5.84. The molecule has 3 nitrogen and oxygen atoms in total. The van der Waals surface area contributed by atoms with Crippen LogP contribution in [0.2, 0.25) is 0 Å². The van der Waals surface area contributed by atoms with Crippen LogP contribution in [0.15, 0.2) is 18.2 Å². The smallest absolute Gasteiger partial charge is 0.152 e. The van der Waals surface area contributed by atoms with Crippen molar-refractivity contribution in [1.82, 2.24) is 0 Å². The van der Waals surface area contributed by atoms with Crippen molar-refractivity contribution >= 4 is 12.0 Å². The number of carbonyl (C=O) groups is 1. The summed E-state index contributed by atoms with van der Waals surface area (Å²) in [4.78, 5) is 12.8. The Balaban J connectivity index is 2.35. The summed E-state index contributed by atoms with van der Waals surface area (Å²) in [5.41, 5.74) is 0.788. The summed E-state index contributed by atoms with van der Waals surface area (Å²) in [7, 11) is 0. The Morgan fingerprint density at radius 1 is 1.35 bits per heavy atom. The number of ether oxygens (including phenoxy) is 1. The Morgan fingerprint density at radius 2 is 2.00 bits per heavy atom. The van der Waals surface area contributed by atoms with Gasteiger partial charge in [-0.15, -0.1) is 0 Å². The van der Waals surface area contributed by atoms with Gasteiger partial charge in [-0.2, -0.15) is 0 Å². The van der Waals surface area contributed by atoms with Crippen LogP contribution in [0.25, 0.3) is 0 Å². The average Bonchev–Trinajstić information content (AvgIpc) is 2.27. The van der Waals surface area contributed by atoms with Crippen LogP contribution in [-0.4, -0.2) is 31.6 Å². The van der Waals surface area contributed by atoms with E-state index in [1.807, 2.05) is 18.7 Å². The summed E-state index contributed by atoms with van der Waals surface area (Å²) in [5.74, 6) is -0.351. The number of hydrogen-bond acceptors (Lipinski definition) is 3. The van der Waals surface area contributed by atoms with E-state index in [-0.39, 0.29) is 18.0 Å². The number of anilines is 1. The van der Waals surface area contributed by atoms with E-state index >= 15 is 0 Å². The third kappa shape index (κ3) is 2.47. The first-order chi connectivity index (χ1) is 8.11. The zero-order chi connectivity index (χ0) is 12.4. The maximum atomic E-state index is 13.8. The minimum atomic E-state index is -0.351. The molecule has 2 atom stereocenters. The Bertz CT molecular complexity index is 412. The van der Waals surface area contributed by atoms with Crippen LogP contribution in [-0.2, 0) is 4.74 Å². The summed E-state index contributed by atoms with van der Waals surface area (Å²) >= 11 is 0. The van der Waals surface area contributed by atoms with Crippen molar-refractivity contribution in [2.75, 3.05) is 18.0 Å². The quantitative estimate of drug-likeness (QED) is 0.739. The Kier molecular flexibility index (Phi) is 3.43. The van der Waals surface area contributed by atoms with E-state index in [0.717, 1.165) is 0 Å². The Labute approximate surface area is 100 Å². The van der Waals surface area contributed by atoms with Crippen molar-refractivity contribution < 1.29 is 13.9 Å². The lowest BCUT2D eigenvalue weighted by Crippen LogP contribution is -2.46. The molecule has 4 heteroatoms. The largest absolute Gasteiger partial charge is 0.372 e. The molecule has 0 radical (unpaired) electrons. The molecule has 0 aliphatic carbocycles. The van der Waals surface area contributed by atoms with Gasteiger partial charge in [-0.3, -0.25) is 4.79 Å². The number of halogens is 1. The SMILES string of the molecule is CC1CN(c2c(F)cccc2C=O)CC(C)O1. The average molecular weight is 237 g/mol. The first kappa shape index (κ1) is 12.0. The van der Waals surface area contributed by atoms with E-state index < -0.39 is 0 Å². The van der Waals surface area contributed by atoms with Gasteiger partial charge in [0, 0.05) is 18.7 Å². The second-order valence-electron chi connectivity index (χ2n) is 4.46. The van der Waals surface area contributed by atoms with E-state index in [1.54, 1.807) is 12.1 Å². The van der Waals surface area contributed by atoms with Crippen molar-refractivity contribution in [3.05, 3.63) is 29.6 Å². The van der Waals surface area contributed by atoms with E-state index in [0.29, 0.717) is 30.6 Å². The lowest BCUT2D eigenvalue weighted by molar-refractivity contribution is -0.00543. The first-order valence-electron chi connectivity index (χ1n) is 5.76. The van der Waals surface area contributed by atoms with Gasteiger partial charge in [0.1, 0.15) is 5.82 Å². The van der Waals surface area contributed by atoms with Crippen LogP contribution in [0.1, 0.15) is 24.2 Å². The van der Waals surface area contributed by atoms with E-state index in [4.69, 9.17) is 4.74 Å². The summed E-state index contributed by atoms with van der Waals surface area (Å²) < 4.78 is 19.4. The molecule has 1 heterocycles. The van der Waals surface area contributed by atoms with Gasteiger partial charge in [0.05, 0.1) is 17.9 Å². The zero-order valence-corrected chi connectivity index (χ0v) is 10.0. The highest BCUT2D eigenvalue weighted by Gasteiger charge is 2.25. The highest BCUT2D eigenvalue weighted by Crippen LogP contribution is 2.26. The summed E-state index contributed by atoms with van der Waals surface area (Å²) in [6.07, 6.45) is 0.777. The fourth-order valence-electron chi connectivity index (χ4n) is 2.32. The third-order valence-electron chi connectivity index (χ3n) is 2.88. The number of carbonyl (C=O) groups excluding carboxylic acids is 1. The minimum absolute atomic E-state index is 0.0397. The van der Waals surface area contributed by atoms with Crippen molar-refractivity contribution in [1.29, 1.82) is 0 Å². The number of aldehydes is 1. The van der Waals surface area contributed by atoms with E-state index in [2.05, 4.69) is 0 Å². The molecule has 92 valence electrons. The van der Waals surface area contributed by atoms with Crippen LogP contribution in [0.4, 0.5) is 10.1 Å². The molecule has 0 amide bonds. The molecule has 1 fully saturated rings. The first-order valence-corrected chi connectivity index (χ1v) is 5.76. The maximum Gasteiger partial charge on any atom is 0.152 e. The molecular weight excluding hydrogens is 221 g/mol. The third-order valence-corrected chi connectivity index (χ3v) is 2.88. The summed E-state index contributed by atoms with van der Waals surface area (Å²) in [6, 6.07) is 4.57. The lowest BCUT2D eigenvalue weighted by Gasteiger charge is -2.37. The topological polar surface area (TPSA) is 29.5 Å². The molecular formula is C13H16FNO2. The van der Waals surface area contributed by atoms with Gasteiger partial charge < -0.3 is 9.64 Å². The van der Waals surface area contributed by atoms with Crippen LogP contribution < -0.4 is 4.90 Å². The zero-order valence-electron chi connectivity index (χ0n) is 10.0. The van der Waals surface area contributed by atoms with Gasteiger partial charge in [-0.05, 0) is 26.0 Å². The van der Waals surface area contributed by atoms with Crippen molar-refractivity contribution in [3.63, 3.8) is 0 Å². The molecule has 1 saturated heterocycles. The molecule has 1 aromatic carbocycles.